The van der Waals surface area contributed by atoms with Gasteiger partial charge in [0.25, 0.3) is 0 Å². The van der Waals surface area contributed by atoms with Crippen LogP contribution in [-0.2, 0) is 17.6 Å². The summed E-state index contributed by atoms with van der Waals surface area (Å²) in [4.78, 5) is 22.2. The molecule has 3 rings (SSSR count). The molecule has 1 N–H and O–H groups in total. The van der Waals surface area contributed by atoms with Crippen LogP contribution in [0, 0.1) is 5.92 Å². The summed E-state index contributed by atoms with van der Waals surface area (Å²) < 4.78 is 0. The van der Waals surface area contributed by atoms with Gasteiger partial charge in [-0.25, -0.2) is 9.97 Å². The normalized spacial score (nSPS) is 15.4. The first-order chi connectivity index (χ1) is 10.1. The molecule has 0 fully saturated rings. The Morgan fingerprint density at radius 3 is 2.95 bits per heavy atom. The Labute approximate surface area is 127 Å². The minimum Gasteiger partial charge on any atom is -0.548 e. The standard InChI is InChI=1S/C15H19N3O2S/c1-8(2)6-10(15(19)20)18-13-12-9-4-3-5-11(9)21-14(12)17-7-16-13/h7-8,10H,3-6H2,1-2H3,(H,19,20)(H,16,17,18)/p-1/t10-/m0/s1. The molecule has 2 heterocycles. The average molecular weight is 304 g/mol. The number of nitrogens with zero attached hydrogens (tertiary/aromatic N) is 2. The Morgan fingerprint density at radius 2 is 2.24 bits per heavy atom. The lowest BCUT2D eigenvalue weighted by molar-refractivity contribution is -0.307. The number of aliphatic carboxylic acids is 1. The van der Waals surface area contributed by atoms with E-state index in [1.807, 2.05) is 13.8 Å². The summed E-state index contributed by atoms with van der Waals surface area (Å²) >= 11 is 1.70. The minimum atomic E-state index is -1.08. The molecule has 0 aromatic carbocycles. The van der Waals surface area contributed by atoms with Crippen LogP contribution in [0.5, 0.6) is 0 Å². The fourth-order valence-electron chi connectivity index (χ4n) is 2.89. The second-order valence-corrected chi connectivity index (χ2v) is 6.99. The number of carbonyl (C=O) groups excluding carboxylic acids is 1. The Bertz CT molecular complexity index is 681. The van der Waals surface area contributed by atoms with E-state index in [9.17, 15) is 9.90 Å². The van der Waals surface area contributed by atoms with Gasteiger partial charge in [0.05, 0.1) is 17.4 Å². The van der Waals surface area contributed by atoms with Gasteiger partial charge in [-0.3, -0.25) is 0 Å². The molecule has 0 radical (unpaired) electrons. The lowest BCUT2D eigenvalue weighted by atomic mass is 10.0. The number of fused-ring (bicyclic) bond motifs is 3. The number of carbonyl (C=O) groups is 1. The fraction of sp³-hybridized carbons (Fsp3) is 0.533. The molecule has 0 saturated heterocycles. The van der Waals surface area contributed by atoms with Crippen molar-refractivity contribution < 1.29 is 9.90 Å². The van der Waals surface area contributed by atoms with E-state index in [0.29, 0.717) is 12.2 Å². The predicted octanol–water partition coefficient (Wildman–Crippen LogP) is 1.76. The molecule has 21 heavy (non-hydrogen) atoms. The van der Waals surface area contributed by atoms with Gasteiger partial charge in [-0.15, -0.1) is 11.3 Å². The number of nitrogens with one attached hydrogen (secondary N) is 1. The summed E-state index contributed by atoms with van der Waals surface area (Å²) in [5, 5.41) is 15.4. The van der Waals surface area contributed by atoms with E-state index in [-0.39, 0.29) is 5.92 Å². The number of rotatable bonds is 5. The molecule has 0 amide bonds. The van der Waals surface area contributed by atoms with Gasteiger partial charge in [-0.05, 0) is 37.2 Å². The average Bonchev–Trinajstić information content (AvgIpc) is 2.97. The molecule has 6 heteroatoms. The first kappa shape index (κ1) is 14.3. The maximum atomic E-state index is 11.3. The van der Waals surface area contributed by atoms with Crippen molar-refractivity contribution in [3.63, 3.8) is 0 Å². The van der Waals surface area contributed by atoms with Gasteiger partial charge in [0.1, 0.15) is 17.0 Å². The van der Waals surface area contributed by atoms with E-state index in [1.54, 1.807) is 11.3 Å². The van der Waals surface area contributed by atoms with Crippen LogP contribution in [0.2, 0.25) is 0 Å². The molecule has 112 valence electrons. The Hall–Kier alpha value is -1.69. The SMILES string of the molecule is CC(C)C[C@H](Nc1ncnc2sc3c(c12)CCC3)C(=O)[O-]. The zero-order valence-corrected chi connectivity index (χ0v) is 13.0. The van der Waals surface area contributed by atoms with Crippen molar-refractivity contribution in [2.24, 2.45) is 5.92 Å². The van der Waals surface area contributed by atoms with Crippen LogP contribution < -0.4 is 10.4 Å². The van der Waals surface area contributed by atoms with Crippen LogP contribution in [0.15, 0.2) is 6.33 Å². The van der Waals surface area contributed by atoms with E-state index in [2.05, 4.69) is 15.3 Å². The zero-order chi connectivity index (χ0) is 15.0. The van der Waals surface area contributed by atoms with Crippen LogP contribution in [0.1, 0.15) is 37.1 Å². The molecular weight excluding hydrogens is 286 g/mol. The van der Waals surface area contributed by atoms with Gasteiger partial charge in [-0.2, -0.15) is 0 Å². The smallest absolute Gasteiger partial charge is 0.138 e. The van der Waals surface area contributed by atoms with Crippen LogP contribution in [0.3, 0.4) is 0 Å². The number of hydrogen-bond donors (Lipinski definition) is 1. The maximum absolute atomic E-state index is 11.3. The molecule has 2 aromatic heterocycles. The van der Waals surface area contributed by atoms with Crippen molar-refractivity contribution in [2.75, 3.05) is 5.32 Å². The third-order valence-electron chi connectivity index (χ3n) is 3.80. The van der Waals surface area contributed by atoms with Crippen LogP contribution in [-0.4, -0.2) is 22.0 Å². The molecule has 0 bridgehead atoms. The van der Waals surface area contributed by atoms with Crippen molar-refractivity contribution >= 4 is 33.3 Å². The maximum Gasteiger partial charge on any atom is 0.138 e. The molecular formula is C15H18N3O2S-. The fourth-order valence-corrected chi connectivity index (χ4v) is 4.12. The second-order valence-electron chi connectivity index (χ2n) is 5.91. The van der Waals surface area contributed by atoms with Crippen LogP contribution >= 0.6 is 11.3 Å². The van der Waals surface area contributed by atoms with Crippen molar-refractivity contribution in [3.05, 3.63) is 16.8 Å². The summed E-state index contributed by atoms with van der Waals surface area (Å²) in [5.74, 6) is -0.178. The largest absolute Gasteiger partial charge is 0.548 e. The van der Waals surface area contributed by atoms with Crippen molar-refractivity contribution in [2.45, 2.75) is 45.6 Å². The van der Waals surface area contributed by atoms with E-state index in [1.165, 1.54) is 16.8 Å². The molecule has 0 unspecified atom stereocenters. The third kappa shape index (κ3) is 2.72. The number of carboxylic acid groups (broad SMARTS) is 1. The van der Waals surface area contributed by atoms with E-state index >= 15 is 0 Å². The summed E-state index contributed by atoms with van der Waals surface area (Å²) in [6, 6.07) is -0.722. The third-order valence-corrected chi connectivity index (χ3v) is 5.00. The quantitative estimate of drug-likeness (QED) is 0.910. The van der Waals surface area contributed by atoms with Crippen molar-refractivity contribution in [1.29, 1.82) is 0 Å². The Kier molecular flexibility index (Phi) is 3.80. The van der Waals surface area contributed by atoms with Gasteiger partial charge in [0.15, 0.2) is 0 Å². The van der Waals surface area contributed by atoms with Gasteiger partial charge in [0, 0.05) is 4.88 Å². The summed E-state index contributed by atoms with van der Waals surface area (Å²) in [6.45, 7) is 3.99. The topological polar surface area (TPSA) is 77.9 Å². The van der Waals surface area contributed by atoms with Gasteiger partial charge in [0.2, 0.25) is 0 Å². The highest BCUT2D eigenvalue weighted by molar-refractivity contribution is 7.19. The highest BCUT2D eigenvalue weighted by Gasteiger charge is 2.22. The summed E-state index contributed by atoms with van der Waals surface area (Å²) in [6.07, 6.45) is 5.28. The molecule has 1 aliphatic carbocycles. The van der Waals surface area contributed by atoms with E-state index in [4.69, 9.17) is 0 Å². The van der Waals surface area contributed by atoms with Crippen molar-refractivity contribution in [1.82, 2.24) is 9.97 Å². The second kappa shape index (κ2) is 5.60. The van der Waals surface area contributed by atoms with E-state index in [0.717, 1.165) is 29.5 Å². The van der Waals surface area contributed by atoms with E-state index < -0.39 is 12.0 Å². The molecule has 1 aliphatic rings. The molecule has 5 nitrogen and oxygen atoms in total. The number of anilines is 1. The predicted molar refractivity (Wildman–Crippen MR) is 81.3 cm³/mol. The molecule has 0 spiro atoms. The van der Waals surface area contributed by atoms with Crippen LogP contribution in [0.25, 0.3) is 10.2 Å². The molecule has 1 atom stereocenters. The number of aryl methyl sites for hydroxylation is 2. The molecule has 2 aromatic rings. The summed E-state index contributed by atoms with van der Waals surface area (Å²) in [5.41, 5.74) is 1.29. The highest BCUT2D eigenvalue weighted by Crippen LogP contribution is 2.39. The zero-order valence-electron chi connectivity index (χ0n) is 12.2. The minimum absolute atomic E-state index is 0.269. The number of thiophene rings is 1. The van der Waals surface area contributed by atoms with Crippen LogP contribution in [0.4, 0.5) is 5.82 Å². The van der Waals surface area contributed by atoms with Gasteiger partial charge >= 0.3 is 0 Å². The summed E-state index contributed by atoms with van der Waals surface area (Å²) in [7, 11) is 0. The monoisotopic (exact) mass is 304 g/mol. The Balaban J connectivity index is 1.98. The first-order valence-electron chi connectivity index (χ1n) is 7.29. The number of carboxylic acids is 1. The lowest BCUT2D eigenvalue weighted by Gasteiger charge is -2.22. The Morgan fingerprint density at radius 1 is 1.43 bits per heavy atom. The molecule has 0 saturated carbocycles. The lowest BCUT2D eigenvalue weighted by Crippen LogP contribution is -2.41. The number of aromatic nitrogens is 2. The van der Waals surface area contributed by atoms with Gasteiger partial charge < -0.3 is 15.2 Å². The highest BCUT2D eigenvalue weighted by atomic mass is 32.1. The van der Waals surface area contributed by atoms with Gasteiger partial charge in [-0.1, -0.05) is 13.8 Å². The first-order valence-corrected chi connectivity index (χ1v) is 8.10. The number of hydrogen-bond acceptors (Lipinski definition) is 6. The van der Waals surface area contributed by atoms with Crippen molar-refractivity contribution in [3.8, 4) is 0 Å². The molecule has 0 aliphatic heterocycles.